The fourth-order valence-electron chi connectivity index (χ4n) is 2.40. The van der Waals surface area contributed by atoms with E-state index in [9.17, 15) is 13.2 Å². The molecule has 1 fully saturated rings. The monoisotopic (exact) mass is 312 g/mol. The standard InChI is InChI=1S/C14H20N2O4S/c1-20-14(17)13-4-2-11(3-5-13)10-21(18,19)16-7-6-12(8-15)9-16/h2-5,12H,6-10,15H2,1H3. The summed E-state index contributed by atoms with van der Waals surface area (Å²) in [5.74, 6) is -0.248. The van der Waals surface area contributed by atoms with Crippen LogP contribution in [0.15, 0.2) is 24.3 Å². The van der Waals surface area contributed by atoms with Gasteiger partial charge < -0.3 is 10.5 Å². The molecule has 116 valence electrons. The summed E-state index contributed by atoms with van der Waals surface area (Å²) in [6.07, 6.45) is 0.816. The first-order valence-corrected chi connectivity index (χ1v) is 8.42. The van der Waals surface area contributed by atoms with E-state index in [4.69, 9.17) is 5.73 Å². The molecule has 1 aliphatic heterocycles. The van der Waals surface area contributed by atoms with Crippen molar-refractivity contribution in [2.24, 2.45) is 11.7 Å². The van der Waals surface area contributed by atoms with Gasteiger partial charge in [0.25, 0.3) is 0 Å². The molecule has 6 nitrogen and oxygen atoms in total. The number of esters is 1. The number of benzene rings is 1. The molecule has 2 N–H and O–H groups in total. The van der Waals surface area contributed by atoms with Crippen LogP contribution in [-0.2, 0) is 20.5 Å². The molecule has 7 heteroatoms. The SMILES string of the molecule is COC(=O)c1ccc(CS(=O)(=O)N2CCC(CN)C2)cc1. The van der Waals surface area contributed by atoms with Gasteiger partial charge in [-0.15, -0.1) is 0 Å². The number of hydrogen-bond donors (Lipinski definition) is 1. The molecule has 0 radical (unpaired) electrons. The molecule has 0 aliphatic carbocycles. The normalized spacial score (nSPS) is 19.6. The van der Waals surface area contributed by atoms with E-state index in [0.29, 0.717) is 30.8 Å². The van der Waals surface area contributed by atoms with Gasteiger partial charge in [-0.25, -0.2) is 17.5 Å². The average Bonchev–Trinajstić information content (AvgIpc) is 2.96. The van der Waals surface area contributed by atoms with Gasteiger partial charge in [0.1, 0.15) is 0 Å². The zero-order valence-corrected chi connectivity index (χ0v) is 12.8. The van der Waals surface area contributed by atoms with Crippen LogP contribution < -0.4 is 5.73 Å². The van der Waals surface area contributed by atoms with Gasteiger partial charge in [0.05, 0.1) is 18.4 Å². The van der Waals surface area contributed by atoms with Crippen LogP contribution in [0.25, 0.3) is 0 Å². The highest BCUT2D eigenvalue weighted by Crippen LogP contribution is 2.21. The number of ether oxygens (including phenoxy) is 1. The molecular weight excluding hydrogens is 292 g/mol. The predicted octanol–water partition coefficient (Wildman–Crippen LogP) is 0.584. The summed E-state index contributed by atoms with van der Waals surface area (Å²) >= 11 is 0. The first kappa shape index (κ1) is 15.9. The third-order valence-electron chi connectivity index (χ3n) is 3.70. The van der Waals surface area contributed by atoms with Gasteiger partial charge >= 0.3 is 5.97 Å². The second kappa shape index (κ2) is 6.55. The van der Waals surface area contributed by atoms with Gasteiger partial charge in [-0.3, -0.25) is 0 Å². The van der Waals surface area contributed by atoms with Crippen molar-refractivity contribution in [3.05, 3.63) is 35.4 Å². The molecule has 1 aliphatic rings. The van der Waals surface area contributed by atoms with Gasteiger partial charge in [-0.2, -0.15) is 0 Å². The quantitative estimate of drug-likeness (QED) is 0.803. The molecule has 21 heavy (non-hydrogen) atoms. The molecule has 1 atom stereocenters. The predicted molar refractivity (Wildman–Crippen MR) is 79.1 cm³/mol. The summed E-state index contributed by atoms with van der Waals surface area (Å²) in [4.78, 5) is 11.3. The van der Waals surface area contributed by atoms with E-state index in [1.807, 2.05) is 0 Å². The van der Waals surface area contributed by atoms with E-state index in [0.717, 1.165) is 6.42 Å². The van der Waals surface area contributed by atoms with Crippen LogP contribution in [0.2, 0.25) is 0 Å². The van der Waals surface area contributed by atoms with Crippen molar-refractivity contribution in [3.8, 4) is 0 Å². The lowest BCUT2D eigenvalue weighted by molar-refractivity contribution is 0.0600. The van der Waals surface area contributed by atoms with Crippen LogP contribution in [0, 0.1) is 5.92 Å². The fraction of sp³-hybridized carbons (Fsp3) is 0.500. The highest BCUT2D eigenvalue weighted by molar-refractivity contribution is 7.88. The van der Waals surface area contributed by atoms with E-state index in [1.54, 1.807) is 24.3 Å². The maximum atomic E-state index is 12.3. The van der Waals surface area contributed by atoms with Crippen LogP contribution in [0.3, 0.4) is 0 Å². The highest BCUT2D eigenvalue weighted by Gasteiger charge is 2.30. The summed E-state index contributed by atoms with van der Waals surface area (Å²) in [5.41, 5.74) is 6.64. The molecule has 0 aromatic heterocycles. The summed E-state index contributed by atoms with van der Waals surface area (Å²) in [5, 5.41) is 0. The Labute approximate surface area is 124 Å². The molecule has 0 amide bonds. The van der Waals surface area contributed by atoms with Crippen molar-refractivity contribution < 1.29 is 17.9 Å². The van der Waals surface area contributed by atoms with Gasteiger partial charge in [0.2, 0.25) is 10.0 Å². The fourth-order valence-corrected chi connectivity index (χ4v) is 4.02. The first-order valence-electron chi connectivity index (χ1n) is 6.81. The Kier molecular flexibility index (Phi) is 4.97. The number of rotatable bonds is 5. The highest BCUT2D eigenvalue weighted by atomic mass is 32.2. The second-order valence-electron chi connectivity index (χ2n) is 5.19. The maximum absolute atomic E-state index is 12.3. The number of nitrogens with two attached hydrogens (primary N) is 1. The lowest BCUT2D eigenvalue weighted by atomic mass is 10.1. The Morgan fingerprint density at radius 1 is 1.38 bits per heavy atom. The molecule has 1 heterocycles. The Balaban J connectivity index is 2.05. The molecule has 0 saturated carbocycles. The van der Waals surface area contributed by atoms with Crippen LogP contribution >= 0.6 is 0 Å². The third kappa shape index (κ3) is 3.81. The van der Waals surface area contributed by atoms with E-state index < -0.39 is 16.0 Å². The minimum absolute atomic E-state index is 0.0637. The average molecular weight is 312 g/mol. The van der Waals surface area contributed by atoms with E-state index in [2.05, 4.69) is 4.74 Å². The van der Waals surface area contributed by atoms with Crippen LogP contribution in [0.1, 0.15) is 22.3 Å². The van der Waals surface area contributed by atoms with Crippen LogP contribution in [0.4, 0.5) is 0 Å². The minimum Gasteiger partial charge on any atom is -0.465 e. The smallest absolute Gasteiger partial charge is 0.337 e. The molecule has 1 aromatic rings. The molecule has 0 bridgehead atoms. The lowest BCUT2D eigenvalue weighted by Crippen LogP contribution is -2.31. The Hall–Kier alpha value is -1.44. The van der Waals surface area contributed by atoms with Crippen molar-refractivity contribution in [2.75, 3.05) is 26.7 Å². The maximum Gasteiger partial charge on any atom is 0.337 e. The van der Waals surface area contributed by atoms with Crippen molar-refractivity contribution in [1.82, 2.24) is 4.31 Å². The number of sulfonamides is 1. The molecule has 1 saturated heterocycles. The zero-order chi connectivity index (χ0) is 15.5. The van der Waals surface area contributed by atoms with Crippen LogP contribution in [0.5, 0.6) is 0 Å². The number of methoxy groups -OCH3 is 1. The van der Waals surface area contributed by atoms with Crippen molar-refractivity contribution in [1.29, 1.82) is 0 Å². The lowest BCUT2D eigenvalue weighted by Gasteiger charge is -2.16. The summed E-state index contributed by atoms with van der Waals surface area (Å²) in [6, 6.07) is 6.42. The molecule has 2 rings (SSSR count). The molecule has 1 aromatic carbocycles. The van der Waals surface area contributed by atoms with E-state index in [-0.39, 0.29) is 11.7 Å². The van der Waals surface area contributed by atoms with Gasteiger partial charge in [0.15, 0.2) is 0 Å². The van der Waals surface area contributed by atoms with Crippen molar-refractivity contribution >= 4 is 16.0 Å². The minimum atomic E-state index is -3.33. The second-order valence-corrected chi connectivity index (χ2v) is 7.16. The van der Waals surface area contributed by atoms with Crippen molar-refractivity contribution in [3.63, 3.8) is 0 Å². The largest absolute Gasteiger partial charge is 0.465 e. The van der Waals surface area contributed by atoms with E-state index in [1.165, 1.54) is 11.4 Å². The Bertz CT molecular complexity index is 598. The number of nitrogens with zero attached hydrogens (tertiary/aromatic N) is 1. The number of carbonyl (C=O) groups is 1. The Morgan fingerprint density at radius 3 is 2.57 bits per heavy atom. The first-order chi connectivity index (χ1) is 9.96. The van der Waals surface area contributed by atoms with E-state index >= 15 is 0 Å². The van der Waals surface area contributed by atoms with Crippen molar-refractivity contribution in [2.45, 2.75) is 12.2 Å². The van der Waals surface area contributed by atoms with Gasteiger partial charge in [0, 0.05) is 13.1 Å². The zero-order valence-electron chi connectivity index (χ0n) is 12.0. The third-order valence-corrected chi connectivity index (χ3v) is 5.52. The number of carbonyl (C=O) groups excluding carboxylic acids is 1. The van der Waals surface area contributed by atoms with Gasteiger partial charge in [-0.1, -0.05) is 12.1 Å². The summed E-state index contributed by atoms with van der Waals surface area (Å²) in [7, 11) is -2.03. The summed E-state index contributed by atoms with van der Waals surface area (Å²) in [6.45, 7) is 1.55. The number of hydrogen-bond acceptors (Lipinski definition) is 5. The molecule has 1 unspecified atom stereocenters. The Morgan fingerprint density at radius 2 is 2.05 bits per heavy atom. The van der Waals surface area contributed by atoms with Crippen LogP contribution in [-0.4, -0.2) is 45.4 Å². The topological polar surface area (TPSA) is 89.7 Å². The molecular formula is C14H20N2O4S. The summed E-state index contributed by atoms with van der Waals surface area (Å²) < 4.78 is 30.8. The van der Waals surface area contributed by atoms with Gasteiger partial charge in [-0.05, 0) is 36.6 Å². The molecule has 0 spiro atoms.